The number of carbonyl (C=O) groups excluding carboxylic acids is 1. The summed E-state index contributed by atoms with van der Waals surface area (Å²) < 4.78 is 0. The zero-order chi connectivity index (χ0) is 17.3. The lowest BCUT2D eigenvalue weighted by atomic mass is 9.81. The van der Waals surface area contributed by atoms with Gasteiger partial charge < -0.3 is 14.7 Å². The van der Waals surface area contributed by atoms with Crippen molar-refractivity contribution in [1.82, 2.24) is 19.6 Å². The number of piperazine rings is 1. The van der Waals surface area contributed by atoms with E-state index in [1.807, 2.05) is 0 Å². The Morgan fingerprint density at radius 3 is 2.21 bits per heavy atom. The minimum Gasteiger partial charge on any atom is -0.340 e. The highest BCUT2D eigenvalue weighted by Gasteiger charge is 2.45. The highest BCUT2D eigenvalue weighted by atomic mass is 16.2. The van der Waals surface area contributed by atoms with Gasteiger partial charge in [-0.05, 0) is 44.9 Å². The maximum absolute atomic E-state index is 13.1. The first-order chi connectivity index (χ1) is 11.4. The van der Waals surface area contributed by atoms with Crippen LogP contribution in [0.5, 0.6) is 0 Å². The van der Waals surface area contributed by atoms with Crippen molar-refractivity contribution in [2.45, 2.75) is 39.7 Å². The molecule has 3 aliphatic rings. The number of rotatable bonds is 3. The highest BCUT2D eigenvalue weighted by molar-refractivity contribution is 5.80. The molecule has 0 saturated carbocycles. The third kappa shape index (κ3) is 3.78. The summed E-state index contributed by atoms with van der Waals surface area (Å²) in [5.74, 6) is 0.575. The molecule has 3 saturated heterocycles. The monoisotopic (exact) mass is 336 g/mol. The molecule has 0 aromatic rings. The molecule has 1 amide bonds. The summed E-state index contributed by atoms with van der Waals surface area (Å²) in [7, 11) is 2.22. The van der Waals surface area contributed by atoms with Crippen LogP contribution in [0, 0.1) is 11.3 Å². The smallest absolute Gasteiger partial charge is 0.227 e. The van der Waals surface area contributed by atoms with Crippen molar-refractivity contribution in [2.75, 3.05) is 66.0 Å². The number of likely N-dealkylation sites (tertiary alicyclic amines) is 2. The molecule has 5 heteroatoms. The molecule has 0 bridgehead atoms. The van der Waals surface area contributed by atoms with E-state index in [9.17, 15) is 4.79 Å². The topological polar surface area (TPSA) is 30.0 Å². The van der Waals surface area contributed by atoms with Crippen LogP contribution in [0.3, 0.4) is 0 Å². The Morgan fingerprint density at radius 1 is 1.04 bits per heavy atom. The normalized spacial score (nSPS) is 30.8. The van der Waals surface area contributed by atoms with Crippen molar-refractivity contribution in [3.8, 4) is 0 Å². The number of piperidine rings is 1. The van der Waals surface area contributed by atoms with E-state index < -0.39 is 0 Å². The van der Waals surface area contributed by atoms with Gasteiger partial charge in [0.1, 0.15) is 0 Å². The fraction of sp³-hybridized carbons (Fsp3) is 0.947. The standard InChI is InChI=1S/C19H36N4O/c1-5-21-14-17(19(2,3)15-21)18(24)23-12-10-22(11-13-23)16-6-8-20(4)9-7-16/h16-17H,5-15H2,1-4H3. The minimum absolute atomic E-state index is 0.109. The molecule has 138 valence electrons. The first-order valence-electron chi connectivity index (χ1n) is 9.84. The molecule has 0 aromatic heterocycles. The molecule has 1 unspecified atom stereocenters. The van der Waals surface area contributed by atoms with Gasteiger partial charge >= 0.3 is 0 Å². The first kappa shape index (κ1) is 18.2. The van der Waals surface area contributed by atoms with Gasteiger partial charge in [-0.2, -0.15) is 0 Å². The van der Waals surface area contributed by atoms with E-state index in [-0.39, 0.29) is 11.3 Å². The Labute approximate surface area is 147 Å². The molecule has 0 N–H and O–H groups in total. The Bertz CT molecular complexity index is 437. The summed E-state index contributed by atoms with van der Waals surface area (Å²) in [5.41, 5.74) is 0.109. The maximum atomic E-state index is 13.1. The fourth-order valence-corrected chi connectivity index (χ4v) is 4.80. The van der Waals surface area contributed by atoms with Gasteiger partial charge in [-0.3, -0.25) is 9.69 Å². The van der Waals surface area contributed by atoms with Crippen molar-refractivity contribution >= 4 is 5.91 Å². The predicted molar refractivity (Wildman–Crippen MR) is 98.1 cm³/mol. The quantitative estimate of drug-likeness (QED) is 0.775. The lowest BCUT2D eigenvalue weighted by Gasteiger charge is -2.43. The molecular formula is C19H36N4O. The number of hydrogen-bond donors (Lipinski definition) is 0. The SMILES string of the molecule is CCN1CC(C(=O)N2CCN(C3CCN(C)CC3)CC2)C(C)(C)C1. The van der Waals surface area contributed by atoms with Gasteiger partial charge in [0.05, 0.1) is 5.92 Å². The second-order valence-corrected chi connectivity index (χ2v) is 8.76. The van der Waals surface area contributed by atoms with E-state index in [2.05, 4.69) is 47.4 Å². The molecule has 1 atom stereocenters. The Kier molecular flexibility index (Phi) is 5.52. The van der Waals surface area contributed by atoms with E-state index >= 15 is 0 Å². The molecule has 3 aliphatic heterocycles. The van der Waals surface area contributed by atoms with Crippen molar-refractivity contribution in [3.05, 3.63) is 0 Å². The number of nitrogens with zero attached hydrogens (tertiary/aromatic N) is 4. The van der Waals surface area contributed by atoms with E-state index in [4.69, 9.17) is 0 Å². The minimum atomic E-state index is 0.109. The van der Waals surface area contributed by atoms with Crippen LogP contribution >= 0.6 is 0 Å². The van der Waals surface area contributed by atoms with Gasteiger partial charge in [-0.15, -0.1) is 0 Å². The summed E-state index contributed by atoms with van der Waals surface area (Å²) >= 11 is 0. The summed E-state index contributed by atoms with van der Waals surface area (Å²) in [6, 6.07) is 0.733. The van der Waals surface area contributed by atoms with Crippen LogP contribution in [-0.2, 0) is 4.79 Å². The zero-order valence-corrected chi connectivity index (χ0v) is 16.1. The van der Waals surface area contributed by atoms with E-state index in [1.54, 1.807) is 0 Å². The van der Waals surface area contributed by atoms with Crippen LogP contribution in [0.4, 0.5) is 0 Å². The van der Waals surface area contributed by atoms with E-state index in [0.29, 0.717) is 5.91 Å². The lowest BCUT2D eigenvalue weighted by molar-refractivity contribution is -0.140. The summed E-state index contributed by atoms with van der Waals surface area (Å²) in [6.07, 6.45) is 2.57. The van der Waals surface area contributed by atoms with Crippen LogP contribution < -0.4 is 0 Å². The van der Waals surface area contributed by atoms with Gasteiger partial charge in [-0.1, -0.05) is 20.8 Å². The summed E-state index contributed by atoms with van der Waals surface area (Å²) in [6.45, 7) is 16.2. The average molecular weight is 337 g/mol. The van der Waals surface area contributed by atoms with Gasteiger partial charge in [0.25, 0.3) is 0 Å². The third-order valence-electron chi connectivity index (χ3n) is 6.59. The second kappa shape index (κ2) is 7.30. The molecular weight excluding hydrogens is 300 g/mol. The summed E-state index contributed by atoms with van der Waals surface area (Å²) in [5, 5.41) is 0. The van der Waals surface area contributed by atoms with E-state index in [1.165, 1.54) is 25.9 Å². The fourth-order valence-electron chi connectivity index (χ4n) is 4.80. The van der Waals surface area contributed by atoms with Gasteiger partial charge in [0.15, 0.2) is 0 Å². The molecule has 24 heavy (non-hydrogen) atoms. The van der Waals surface area contributed by atoms with E-state index in [0.717, 1.165) is 51.9 Å². The largest absolute Gasteiger partial charge is 0.340 e. The second-order valence-electron chi connectivity index (χ2n) is 8.76. The Balaban J connectivity index is 1.52. The van der Waals surface area contributed by atoms with Gasteiger partial charge in [0, 0.05) is 45.3 Å². The number of amides is 1. The Hall–Kier alpha value is -0.650. The van der Waals surface area contributed by atoms with Crippen molar-refractivity contribution in [1.29, 1.82) is 0 Å². The third-order valence-corrected chi connectivity index (χ3v) is 6.59. The number of carbonyl (C=O) groups is 1. The van der Waals surface area contributed by atoms with Gasteiger partial charge in [-0.25, -0.2) is 0 Å². The molecule has 0 spiro atoms. The van der Waals surface area contributed by atoms with Crippen LogP contribution in [-0.4, -0.2) is 97.5 Å². The molecule has 3 fully saturated rings. The van der Waals surface area contributed by atoms with Crippen molar-refractivity contribution < 1.29 is 4.79 Å². The van der Waals surface area contributed by atoms with Crippen LogP contribution in [0.1, 0.15) is 33.6 Å². The Morgan fingerprint density at radius 2 is 1.67 bits per heavy atom. The maximum Gasteiger partial charge on any atom is 0.227 e. The molecule has 3 rings (SSSR count). The molecule has 5 nitrogen and oxygen atoms in total. The van der Waals surface area contributed by atoms with Gasteiger partial charge in [0.2, 0.25) is 5.91 Å². The molecule has 0 aromatic carbocycles. The predicted octanol–water partition coefficient (Wildman–Crippen LogP) is 1.20. The number of hydrogen-bond acceptors (Lipinski definition) is 4. The van der Waals surface area contributed by atoms with Crippen LogP contribution in [0.15, 0.2) is 0 Å². The average Bonchev–Trinajstić information content (AvgIpc) is 2.90. The molecule has 3 heterocycles. The molecule has 0 radical (unpaired) electrons. The highest BCUT2D eigenvalue weighted by Crippen LogP contribution is 2.36. The van der Waals surface area contributed by atoms with Crippen molar-refractivity contribution in [2.24, 2.45) is 11.3 Å². The first-order valence-corrected chi connectivity index (χ1v) is 9.84. The summed E-state index contributed by atoms with van der Waals surface area (Å²) in [4.78, 5) is 22.7. The zero-order valence-electron chi connectivity index (χ0n) is 16.1. The van der Waals surface area contributed by atoms with Crippen LogP contribution in [0.2, 0.25) is 0 Å². The molecule has 0 aliphatic carbocycles. The van der Waals surface area contributed by atoms with Crippen LogP contribution in [0.25, 0.3) is 0 Å². The lowest BCUT2D eigenvalue weighted by Crippen LogP contribution is -2.55. The van der Waals surface area contributed by atoms with Crippen molar-refractivity contribution in [3.63, 3.8) is 0 Å².